The highest BCUT2D eigenvalue weighted by Crippen LogP contribution is 2.45. The zero-order chi connectivity index (χ0) is 11.6. The van der Waals surface area contributed by atoms with E-state index < -0.39 is 0 Å². The van der Waals surface area contributed by atoms with Gasteiger partial charge in [0.25, 0.3) is 0 Å². The first-order valence-electron chi connectivity index (χ1n) is 6.15. The summed E-state index contributed by atoms with van der Waals surface area (Å²) in [6.45, 7) is 0.417. The smallest absolute Gasteiger partial charge is 0.235 e. The van der Waals surface area contributed by atoms with E-state index in [-0.39, 0.29) is 23.8 Å². The number of likely N-dealkylation sites (tertiary alicyclic amines) is 1. The Kier molecular flexibility index (Phi) is 3.28. The van der Waals surface area contributed by atoms with Gasteiger partial charge in [-0.2, -0.15) is 0 Å². The van der Waals surface area contributed by atoms with E-state index >= 15 is 0 Å². The van der Waals surface area contributed by atoms with Gasteiger partial charge in [-0.1, -0.05) is 19.3 Å². The van der Waals surface area contributed by atoms with E-state index in [1.165, 1.54) is 11.3 Å². The second-order valence-corrected chi connectivity index (χ2v) is 4.95. The van der Waals surface area contributed by atoms with Crippen LogP contribution in [0.2, 0.25) is 0 Å². The molecule has 2 rings (SSSR count). The fourth-order valence-electron chi connectivity index (χ4n) is 2.93. The summed E-state index contributed by atoms with van der Waals surface area (Å²) in [6.07, 6.45) is 5.94. The maximum absolute atomic E-state index is 12.2. The molecule has 0 aromatic rings. The lowest BCUT2D eigenvalue weighted by atomic mass is 9.73. The molecule has 16 heavy (non-hydrogen) atoms. The van der Waals surface area contributed by atoms with Gasteiger partial charge in [-0.05, 0) is 19.3 Å². The van der Waals surface area contributed by atoms with Crippen LogP contribution in [0.3, 0.4) is 0 Å². The van der Waals surface area contributed by atoms with Crippen LogP contribution in [-0.4, -0.2) is 35.0 Å². The van der Waals surface area contributed by atoms with E-state index in [0.717, 1.165) is 25.7 Å². The molecule has 1 spiro atoms. The lowest BCUT2D eigenvalue weighted by Crippen LogP contribution is -2.37. The van der Waals surface area contributed by atoms with Crippen molar-refractivity contribution < 1.29 is 14.7 Å². The van der Waals surface area contributed by atoms with Crippen LogP contribution < -0.4 is 0 Å². The van der Waals surface area contributed by atoms with Gasteiger partial charge in [-0.3, -0.25) is 14.5 Å². The Bertz CT molecular complexity index is 295. The second kappa shape index (κ2) is 4.53. The molecule has 0 aromatic carbocycles. The summed E-state index contributed by atoms with van der Waals surface area (Å²) in [5, 5.41) is 8.75. The van der Waals surface area contributed by atoms with Crippen molar-refractivity contribution >= 4 is 11.8 Å². The standard InChI is InChI=1S/C12H19NO3/c14-8-4-7-13-10(15)9-12(11(13)16)5-2-1-3-6-12/h14H,1-9H2. The molecule has 0 bridgehead atoms. The van der Waals surface area contributed by atoms with E-state index in [4.69, 9.17) is 5.11 Å². The predicted molar refractivity (Wildman–Crippen MR) is 58.6 cm³/mol. The quantitative estimate of drug-likeness (QED) is 0.731. The average molecular weight is 225 g/mol. The van der Waals surface area contributed by atoms with Crippen molar-refractivity contribution in [3.63, 3.8) is 0 Å². The fraction of sp³-hybridized carbons (Fsp3) is 0.833. The molecule has 0 aromatic heterocycles. The number of amides is 2. The lowest BCUT2D eigenvalue weighted by Gasteiger charge is -2.30. The first kappa shape index (κ1) is 11.6. The van der Waals surface area contributed by atoms with Crippen LogP contribution in [-0.2, 0) is 9.59 Å². The van der Waals surface area contributed by atoms with Gasteiger partial charge >= 0.3 is 0 Å². The van der Waals surface area contributed by atoms with Crippen LogP contribution >= 0.6 is 0 Å². The summed E-state index contributed by atoms with van der Waals surface area (Å²) in [5.41, 5.74) is -0.370. The molecule has 0 radical (unpaired) electrons. The van der Waals surface area contributed by atoms with E-state index in [9.17, 15) is 9.59 Å². The predicted octanol–water partition coefficient (Wildman–Crippen LogP) is 1.08. The second-order valence-electron chi connectivity index (χ2n) is 4.95. The molecule has 1 heterocycles. The molecule has 2 fully saturated rings. The minimum Gasteiger partial charge on any atom is -0.396 e. The van der Waals surface area contributed by atoms with Gasteiger partial charge in [0, 0.05) is 19.6 Å². The molecule has 2 aliphatic rings. The topological polar surface area (TPSA) is 57.6 Å². The van der Waals surface area contributed by atoms with E-state index in [1.807, 2.05) is 0 Å². The Balaban J connectivity index is 2.08. The minimum atomic E-state index is -0.370. The first-order chi connectivity index (χ1) is 7.69. The molecule has 1 N–H and O–H groups in total. The molecular weight excluding hydrogens is 206 g/mol. The van der Waals surface area contributed by atoms with Crippen molar-refractivity contribution in [2.45, 2.75) is 44.9 Å². The van der Waals surface area contributed by atoms with E-state index in [0.29, 0.717) is 19.4 Å². The summed E-state index contributed by atoms with van der Waals surface area (Å²) in [6, 6.07) is 0. The van der Waals surface area contributed by atoms with Crippen LogP contribution in [0.4, 0.5) is 0 Å². The van der Waals surface area contributed by atoms with Crippen molar-refractivity contribution in [3.8, 4) is 0 Å². The fourth-order valence-corrected chi connectivity index (χ4v) is 2.93. The molecule has 1 saturated carbocycles. The average Bonchev–Trinajstić information content (AvgIpc) is 2.50. The molecule has 1 aliphatic heterocycles. The summed E-state index contributed by atoms with van der Waals surface area (Å²) in [4.78, 5) is 25.4. The zero-order valence-corrected chi connectivity index (χ0v) is 9.57. The first-order valence-corrected chi connectivity index (χ1v) is 6.15. The number of carbonyl (C=O) groups excluding carboxylic acids is 2. The van der Waals surface area contributed by atoms with Crippen molar-refractivity contribution in [3.05, 3.63) is 0 Å². The maximum atomic E-state index is 12.2. The Hall–Kier alpha value is -0.900. The van der Waals surface area contributed by atoms with Crippen molar-refractivity contribution in [1.82, 2.24) is 4.90 Å². The number of carbonyl (C=O) groups is 2. The third-order valence-corrected chi connectivity index (χ3v) is 3.84. The molecule has 2 amide bonds. The Labute approximate surface area is 95.6 Å². The molecular formula is C12H19NO3. The van der Waals surface area contributed by atoms with Crippen LogP contribution in [0.25, 0.3) is 0 Å². The lowest BCUT2D eigenvalue weighted by molar-refractivity contribution is -0.142. The summed E-state index contributed by atoms with van der Waals surface area (Å²) < 4.78 is 0. The number of aliphatic hydroxyl groups is 1. The third kappa shape index (κ3) is 1.86. The van der Waals surface area contributed by atoms with Crippen molar-refractivity contribution in [1.29, 1.82) is 0 Å². The molecule has 4 heteroatoms. The highest BCUT2D eigenvalue weighted by atomic mass is 16.3. The minimum absolute atomic E-state index is 0.0191. The highest BCUT2D eigenvalue weighted by molar-refractivity contribution is 6.05. The van der Waals surface area contributed by atoms with Gasteiger partial charge in [0.2, 0.25) is 11.8 Å². The molecule has 4 nitrogen and oxygen atoms in total. The highest BCUT2D eigenvalue weighted by Gasteiger charge is 2.50. The van der Waals surface area contributed by atoms with Gasteiger partial charge in [-0.25, -0.2) is 0 Å². The third-order valence-electron chi connectivity index (χ3n) is 3.84. The van der Waals surface area contributed by atoms with Gasteiger partial charge in [-0.15, -0.1) is 0 Å². The Morgan fingerprint density at radius 1 is 1.19 bits per heavy atom. The molecule has 0 unspecified atom stereocenters. The van der Waals surface area contributed by atoms with Crippen LogP contribution in [0.15, 0.2) is 0 Å². The summed E-state index contributed by atoms with van der Waals surface area (Å²) in [7, 11) is 0. The number of aliphatic hydroxyl groups excluding tert-OH is 1. The summed E-state index contributed by atoms with van der Waals surface area (Å²) in [5.74, 6) is -0.0222. The molecule has 90 valence electrons. The molecule has 1 saturated heterocycles. The zero-order valence-electron chi connectivity index (χ0n) is 9.57. The summed E-state index contributed by atoms with van der Waals surface area (Å²) >= 11 is 0. The number of nitrogens with zero attached hydrogens (tertiary/aromatic N) is 1. The van der Waals surface area contributed by atoms with E-state index in [1.54, 1.807) is 0 Å². The van der Waals surface area contributed by atoms with Crippen LogP contribution in [0.5, 0.6) is 0 Å². The van der Waals surface area contributed by atoms with Gasteiger partial charge in [0.1, 0.15) is 0 Å². The largest absolute Gasteiger partial charge is 0.396 e. The SMILES string of the molecule is O=C1CC2(CCCCC2)C(=O)N1CCCO. The van der Waals surface area contributed by atoms with E-state index in [2.05, 4.69) is 0 Å². The molecule has 1 aliphatic carbocycles. The number of imide groups is 1. The number of hydrogen-bond acceptors (Lipinski definition) is 3. The van der Waals surface area contributed by atoms with Gasteiger partial charge in [0.15, 0.2) is 0 Å². The monoisotopic (exact) mass is 225 g/mol. The van der Waals surface area contributed by atoms with Gasteiger partial charge < -0.3 is 5.11 Å². The Morgan fingerprint density at radius 2 is 1.88 bits per heavy atom. The van der Waals surface area contributed by atoms with Gasteiger partial charge in [0.05, 0.1) is 5.41 Å². The maximum Gasteiger partial charge on any atom is 0.235 e. The normalized spacial score (nSPS) is 24.4. The number of hydrogen-bond donors (Lipinski definition) is 1. The number of rotatable bonds is 3. The van der Waals surface area contributed by atoms with Crippen molar-refractivity contribution in [2.24, 2.45) is 5.41 Å². The molecule has 0 atom stereocenters. The van der Waals surface area contributed by atoms with Crippen LogP contribution in [0.1, 0.15) is 44.9 Å². The van der Waals surface area contributed by atoms with Crippen LogP contribution in [0, 0.1) is 5.41 Å². The van der Waals surface area contributed by atoms with Crippen molar-refractivity contribution in [2.75, 3.05) is 13.2 Å². The Morgan fingerprint density at radius 3 is 2.50 bits per heavy atom.